The maximum Gasteiger partial charge on any atom is 0.138 e. The fraction of sp³-hybridized carbons (Fsp3) is 0. The lowest BCUT2D eigenvalue weighted by molar-refractivity contribution is 0.628. The lowest BCUT2D eigenvalue weighted by atomic mass is 10.1. The van der Waals surface area contributed by atoms with Gasteiger partial charge in [0, 0.05) is 16.7 Å². The molecule has 0 saturated heterocycles. The van der Waals surface area contributed by atoms with Crippen molar-refractivity contribution >= 4 is 23.2 Å². The summed E-state index contributed by atoms with van der Waals surface area (Å²) in [5.41, 5.74) is 3.80. The van der Waals surface area contributed by atoms with Gasteiger partial charge in [0.05, 0.1) is 21.4 Å². The average molecular weight is 383 g/mol. The second-order valence-corrected chi connectivity index (χ2v) is 6.57. The zero-order chi connectivity index (χ0) is 18.1. The molecule has 3 aromatic carbocycles. The Hall–Kier alpha value is -2.62. The lowest BCUT2D eigenvalue weighted by Gasteiger charge is -2.06. The van der Waals surface area contributed by atoms with Gasteiger partial charge in [-0.3, -0.25) is 0 Å². The molecule has 0 fully saturated rings. The molecule has 0 aliphatic rings. The van der Waals surface area contributed by atoms with Crippen molar-refractivity contribution in [3.63, 3.8) is 0 Å². The van der Waals surface area contributed by atoms with Crippen LogP contribution in [-0.2, 0) is 0 Å². The highest BCUT2D eigenvalue weighted by molar-refractivity contribution is 6.43. The number of benzene rings is 3. The first-order valence-electron chi connectivity index (χ1n) is 7.99. The summed E-state index contributed by atoms with van der Waals surface area (Å²) >= 11 is 12.6. The smallest absolute Gasteiger partial charge is 0.138 e. The summed E-state index contributed by atoms with van der Waals surface area (Å²) in [5.74, 6) is 0.247. The van der Waals surface area contributed by atoms with Gasteiger partial charge < -0.3 is 4.98 Å². The van der Waals surface area contributed by atoms with E-state index in [0.717, 1.165) is 22.5 Å². The van der Waals surface area contributed by atoms with Crippen LogP contribution in [0.1, 0.15) is 0 Å². The molecular formula is C21H13Cl2FN2. The minimum Gasteiger partial charge on any atom is -0.337 e. The van der Waals surface area contributed by atoms with Crippen LogP contribution in [0.4, 0.5) is 4.39 Å². The van der Waals surface area contributed by atoms with E-state index >= 15 is 0 Å². The second-order valence-electron chi connectivity index (χ2n) is 5.79. The van der Waals surface area contributed by atoms with Gasteiger partial charge in [-0.2, -0.15) is 0 Å². The predicted molar refractivity (Wildman–Crippen MR) is 105 cm³/mol. The molecule has 0 saturated carbocycles. The van der Waals surface area contributed by atoms with Crippen molar-refractivity contribution < 1.29 is 4.39 Å². The first-order valence-corrected chi connectivity index (χ1v) is 8.75. The molecule has 0 unspecified atom stereocenters. The number of nitrogens with one attached hydrogen (secondary N) is 1. The quantitative estimate of drug-likeness (QED) is 0.411. The summed E-state index contributed by atoms with van der Waals surface area (Å²) in [6.45, 7) is 0. The van der Waals surface area contributed by atoms with E-state index in [0.29, 0.717) is 21.4 Å². The van der Waals surface area contributed by atoms with E-state index < -0.39 is 0 Å². The molecule has 0 spiro atoms. The Morgan fingerprint density at radius 1 is 0.808 bits per heavy atom. The van der Waals surface area contributed by atoms with Gasteiger partial charge in [-0.15, -0.1) is 0 Å². The Labute approximate surface area is 160 Å². The third-order valence-corrected chi connectivity index (χ3v) is 4.89. The summed E-state index contributed by atoms with van der Waals surface area (Å²) in [4.78, 5) is 8.00. The SMILES string of the molecule is Fc1cccc(-c2nc(-c3ccccc3)c(-c3cccc(Cl)c3Cl)[nH]2)c1. The molecule has 1 aromatic heterocycles. The Bertz CT molecular complexity index is 1070. The molecule has 0 aliphatic heterocycles. The number of imidazole rings is 1. The number of hydrogen-bond donors (Lipinski definition) is 1. The molecule has 4 rings (SSSR count). The van der Waals surface area contributed by atoms with Gasteiger partial charge in [0.1, 0.15) is 11.6 Å². The molecule has 5 heteroatoms. The number of hydrogen-bond acceptors (Lipinski definition) is 1. The average Bonchev–Trinajstić information content (AvgIpc) is 3.10. The van der Waals surface area contributed by atoms with Gasteiger partial charge in [-0.05, 0) is 18.2 Å². The molecule has 0 amide bonds. The molecule has 2 nitrogen and oxygen atoms in total. The van der Waals surface area contributed by atoms with Crippen LogP contribution in [0.2, 0.25) is 10.0 Å². The molecule has 0 radical (unpaired) electrons. The highest BCUT2D eigenvalue weighted by atomic mass is 35.5. The van der Waals surface area contributed by atoms with E-state index in [1.165, 1.54) is 12.1 Å². The molecule has 4 aromatic rings. The van der Waals surface area contributed by atoms with Crippen molar-refractivity contribution in [2.45, 2.75) is 0 Å². The van der Waals surface area contributed by atoms with Crippen molar-refractivity contribution in [1.29, 1.82) is 0 Å². The van der Waals surface area contributed by atoms with Gasteiger partial charge >= 0.3 is 0 Å². The van der Waals surface area contributed by atoms with Crippen molar-refractivity contribution in [2.24, 2.45) is 0 Å². The zero-order valence-corrected chi connectivity index (χ0v) is 15.0. The highest BCUT2D eigenvalue weighted by Crippen LogP contribution is 2.38. The van der Waals surface area contributed by atoms with E-state index in [1.54, 1.807) is 18.2 Å². The van der Waals surface area contributed by atoms with Crippen LogP contribution in [0.15, 0.2) is 72.8 Å². The number of rotatable bonds is 3. The van der Waals surface area contributed by atoms with Gasteiger partial charge in [0.15, 0.2) is 0 Å². The normalized spacial score (nSPS) is 10.9. The van der Waals surface area contributed by atoms with Crippen LogP contribution < -0.4 is 0 Å². The standard InChI is InChI=1S/C21H13Cl2FN2/c22-17-11-5-10-16(18(17)23)20-19(13-6-2-1-3-7-13)25-21(26-20)14-8-4-9-15(24)12-14/h1-12H,(H,25,26). The maximum absolute atomic E-state index is 13.6. The van der Waals surface area contributed by atoms with Gasteiger partial charge in [-0.1, -0.05) is 77.8 Å². The van der Waals surface area contributed by atoms with E-state index in [-0.39, 0.29) is 5.82 Å². The highest BCUT2D eigenvalue weighted by Gasteiger charge is 2.18. The molecule has 0 bridgehead atoms. The van der Waals surface area contributed by atoms with Crippen molar-refractivity contribution in [1.82, 2.24) is 9.97 Å². The molecule has 0 aliphatic carbocycles. The Morgan fingerprint density at radius 3 is 2.31 bits per heavy atom. The summed E-state index contributed by atoms with van der Waals surface area (Å²) in [6.07, 6.45) is 0. The molecule has 1 N–H and O–H groups in total. The third-order valence-electron chi connectivity index (χ3n) is 4.07. The Morgan fingerprint density at radius 2 is 1.54 bits per heavy atom. The van der Waals surface area contributed by atoms with E-state index in [2.05, 4.69) is 4.98 Å². The van der Waals surface area contributed by atoms with Crippen LogP contribution in [0.5, 0.6) is 0 Å². The zero-order valence-electron chi connectivity index (χ0n) is 13.5. The Kier molecular flexibility index (Phi) is 4.49. The second kappa shape index (κ2) is 6.94. The number of halogens is 3. The van der Waals surface area contributed by atoms with E-state index in [1.807, 2.05) is 42.5 Å². The van der Waals surface area contributed by atoms with Crippen LogP contribution in [0.3, 0.4) is 0 Å². The molecular weight excluding hydrogens is 370 g/mol. The summed E-state index contributed by atoms with van der Waals surface area (Å²) < 4.78 is 13.6. The molecule has 1 heterocycles. The van der Waals surface area contributed by atoms with Gasteiger partial charge in [0.2, 0.25) is 0 Å². The van der Waals surface area contributed by atoms with Crippen LogP contribution in [0.25, 0.3) is 33.9 Å². The van der Waals surface area contributed by atoms with Crippen LogP contribution in [-0.4, -0.2) is 9.97 Å². The van der Waals surface area contributed by atoms with Crippen molar-refractivity contribution in [2.75, 3.05) is 0 Å². The van der Waals surface area contributed by atoms with E-state index in [9.17, 15) is 4.39 Å². The van der Waals surface area contributed by atoms with Crippen molar-refractivity contribution in [3.8, 4) is 33.9 Å². The third kappa shape index (κ3) is 3.12. The minimum absolute atomic E-state index is 0.317. The fourth-order valence-electron chi connectivity index (χ4n) is 2.84. The van der Waals surface area contributed by atoms with Gasteiger partial charge in [-0.25, -0.2) is 9.37 Å². The fourth-order valence-corrected chi connectivity index (χ4v) is 3.24. The van der Waals surface area contributed by atoms with Crippen LogP contribution in [0, 0.1) is 5.82 Å². The van der Waals surface area contributed by atoms with Crippen LogP contribution >= 0.6 is 23.2 Å². The Balaban J connectivity index is 1.96. The number of aromatic amines is 1. The molecule has 0 atom stereocenters. The number of H-pyrrole nitrogens is 1. The maximum atomic E-state index is 13.6. The first-order chi connectivity index (χ1) is 12.6. The predicted octanol–water partition coefficient (Wildman–Crippen LogP) is 6.86. The lowest BCUT2D eigenvalue weighted by Crippen LogP contribution is -1.85. The topological polar surface area (TPSA) is 28.7 Å². The first kappa shape index (κ1) is 16.8. The van der Waals surface area contributed by atoms with E-state index in [4.69, 9.17) is 28.2 Å². The largest absolute Gasteiger partial charge is 0.337 e. The summed E-state index contributed by atoms with van der Waals surface area (Å²) in [6, 6.07) is 21.5. The molecule has 128 valence electrons. The monoisotopic (exact) mass is 382 g/mol. The minimum atomic E-state index is -0.317. The van der Waals surface area contributed by atoms with Gasteiger partial charge in [0.25, 0.3) is 0 Å². The van der Waals surface area contributed by atoms with Crippen molar-refractivity contribution in [3.05, 3.63) is 88.7 Å². The summed E-state index contributed by atoms with van der Waals surface area (Å²) in [5, 5.41) is 0.908. The number of nitrogens with zero attached hydrogens (tertiary/aromatic N) is 1. The molecule has 26 heavy (non-hydrogen) atoms. The summed E-state index contributed by atoms with van der Waals surface area (Å²) in [7, 11) is 0. The number of aromatic nitrogens is 2.